The molecule has 4 rings (SSSR count). The number of carbonyl (C=O) groups is 1. The number of aromatic nitrogens is 2. The van der Waals surface area contributed by atoms with Gasteiger partial charge in [0.05, 0.1) is 13.7 Å². The maximum Gasteiger partial charge on any atom is 0.236 e. The molecule has 7 heteroatoms. The van der Waals surface area contributed by atoms with Crippen molar-refractivity contribution in [2.45, 2.75) is 45.1 Å². The van der Waals surface area contributed by atoms with Gasteiger partial charge < -0.3 is 19.4 Å². The molecule has 1 fully saturated rings. The van der Waals surface area contributed by atoms with Crippen LogP contribution < -0.4 is 9.64 Å². The zero-order valence-corrected chi connectivity index (χ0v) is 19.8. The standard InChI is InChI=1S/C25H35N5O2/c1-18-22-8-6-14-30(15-19-9-11-21(32-4)12-10-19)25(22)27-24(26-18)20-7-5-13-29(16-20)23(31)17-28(2)3/h9-12,20H,5-8,13-17H2,1-4H3. The molecule has 0 bridgehead atoms. The van der Waals surface area contributed by atoms with Crippen molar-refractivity contribution >= 4 is 11.7 Å². The van der Waals surface area contributed by atoms with Crippen molar-refractivity contribution in [1.82, 2.24) is 19.8 Å². The number of hydrogen-bond donors (Lipinski definition) is 0. The minimum absolute atomic E-state index is 0.190. The predicted octanol–water partition coefficient (Wildman–Crippen LogP) is 3.01. The van der Waals surface area contributed by atoms with E-state index < -0.39 is 0 Å². The van der Waals surface area contributed by atoms with Gasteiger partial charge in [-0.05, 0) is 64.4 Å². The maximum atomic E-state index is 12.6. The van der Waals surface area contributed by atoms with Gasteiger partial charge in [-0.1, -0.05) is 12.1 Å². The molecule has 1 amide bonds. The van der Waals surface area contributed by atoms with E-state index in [1.54, 1.807) is 7.11 Å². The van der Waals surface area contributed by atoms with Crippen LogP contribution in [0.2, 0.25) is 0 Å². The lowest BCUT2D eigenvalue weighted by Gasteiger charge is -2.35. The number of likely N-dealkylation sites (tertiary alicyclic amines) is 1. The number of ether oxygens (including phenoxy) is 1. The minimum Gasteiger partial charge on any atom is -0.497 e. The molecule has 0 saturated carbocycles. The van der Waals surface area contributed by atoms with E-state index in [2.05, 4.69) is 24.0 Å². The van der Waals surface area contributed by atoms with Crippen molar-refractivity contribution < 1.29 is 9.53 Å². The van der Waals surface area contributed by atoms with Crippen LogP contribution in [0.5, 0.6) is 5.75 Å². The molecule has 1 aromatic heterocycles. The van der Waals surface area contributed by atoms with Gasteiger partial charge in [0.25, 0.3) is 0 Å². The lowest BCUT2D eigenvalue weighted by atomic mass is 9.96. The Kier molecular flexibility index (Phi) is 6.94. The number of fused-ring (bicyclic) bond motifs is 1. The third kappa shape index (κ3) is 5.04. The van der Waals surface area contributed by atoms with Crippen LogP contribution in [0, 0.1) is 6.92 Å². The van der Waals surface area contributed by atoms with Crippen LogP contribution >= 0.6 is 0 Å². The third-order valence-corrected chi connectivity index (χ3v) is 6.49. The quantitative estimate of drug-likeness (QED) is 0.692. The number of piperidine rings is 1. The lowest BCUT2D eigenvalue weighted by molar-refractivity contribution is -0.133. The summed E-state index contributed by atoms with van der Waals surface area (Å²) in [5.74, 6) is 3.23. The molecule has 1 aromatic carbocycles. The molecule has 2 aliphatic heterocycles. The summed E-state index contributed by atoms with van der Waals surface area (Å²) < 4.78 is 5.30. The highest BCUT2D eigenvalue weighted by atomic mass is 16.5. The zero-order valence-electron chi connectivity index (χ0n) is 19.8. The van der Waals surface area contributed by atoms with Crippen LogP contribution in [0.1, 0.15) is 47.8 Å². The SMILES string of the molecule is COc1ccc(CN2CCCc3c(C)nc(C4CCCN(C(=O)CN(C)C)C4)nc32)cc1. The molecular formula is C25H35N5O2. The number of likely N-dealkylation sites (N-methyl/N-ethyl adjacent to an activating group) is 1. The van der Waals surface area contributed by atoms with Gasteiger partial charge in [0.15, 0.2) is 0 Å². The first-order valence-corrected chi connectivity index (χ1v) is 11.6. The number of rotatable bonds is 6. The smallest absolute Gasteiger partial charge is 0.236 e. The second-order valence-electron chi connectivity index (χ2n) is 9.26. The van der Waals surface area contributed by atoms with E-state index >= 15 is 0 Å². The number of methoxy groups -OCH3 is 1. The van der Waals surface area contributed by atoms with E-state index in [0.717, 1.165) is 68.4 Å². The lowest BCUT2D eigenvalue weighted by Crippen LogP contribution is -2.43. The van der Waals surface area contributed by atoms with Gasteiger partial charge >= 0.3 is 0 Å². The molecule has 0 aliphatic carbocycles. The molecule has 3 heterocycles. The van der Waals surface area contributed by atoms with Gasteiger partial charge in [0.2, 0.25) is 5.91 Å². The molecule has 2 aromatic rings. The monoisotopic (exact) mass is 437 g/mol. The summed E-state index contributed by atoms with van der Waals surface area (Å²) in [7, 11) is 5.57. The van der Waals surface area contributed by atoms with Crippen molar-refractivity contribution in [3.63, 3.8) is 0 Å². The highest BCUT2D eigenvalue weighted by Crippen LogP contribution is 2.32. The van der Waals surface area contributed by atoms with Crippen molar-refractivity contribution in [1.29, 1.82) is 0 Å². The first-order valence-electron chi connectivity index (χ1n) is 11.6. The second-order valence-corrected chi connectivity index (χ2v) is 9.26. The fraction of sp³-hybridized carbons (Fsp3) is 0.560. The molecule has 1 atom stereocenters. The molecule has 7 nitrogen and oxygen atoms in total. The Morgan fingerprint density at radius 3 is 2.66 bits per heavy atom. The molecule has 0 spiro atoms. The Labute approximate surface area is 191 Å². The van der Waals surface area contributed by atoms with Crippen LogP contribution in [0.25, 0.3) is 0 Å². The topological polar surface area (TPSA) is 61.8 Å². The van der Waals surface area contributed by atoms with Crippen LogP contribution in [-0.4, -0.2) is 73.1 Å². The van der Waals surface area contributed by atoms with E-state index in [0.29, 0.717) is 13.1 Å². The van der Waals surface area contributed by atoms with Gasteiger partial charge in [0, 0.05) is 43.4 Å². The zero-order chi connectivity index (χ0) is 22.7. The number of carbonyl (C=O) groups excluding carboxylic acids is 1. The molecule has 2 aliphatic rings. The normalized spacial score (nSPS) is 18.6. The first kappa shape index (κ1) is 22.5. The fourth-order valence-corrected chi connectivity index (χ4v) is 4.78. The second kappa shape index (κ2) is 9.86. The van der Waals surface area contributed by atoms with Crippen molar-refractivity contribution in [3.8, 4) is 5.75 Å². The van der Waals surface area contributed by atoms with E-state index in [-0.39, 0.29) is 11.8 Å². The minimum atomic E-state index is 0.190. The first-order chi connectivity index (χ1) is 15.4. The molecule has 0 radical (unpaired) electrons. The van der Waals surface area contributed by atoms with Crippen LogP contribution in [0.4, 0.5) is 5.82 Å². The number of amides is 1. The number of hydrogen-bond acceptors (Lipinski definition) is 6. The highest BCUT2D eigenvalue weighted by molar-refractivity contribution is 5.78. The summed E-state index contributed by atoms with van der Waals surface area (Å²) in [4.78, 5) is 29.0. The summed E-state index contributed by atoms with van der Waals surface area (Å²) in [5.41, 5.74) is 3.60. The van der Waals surface area contributed by atoms with E-state index in [9.17, 15) is 4.79 Å². The van der Waals surface area contributed by atoms with Gasteiger partial charge in [-0.3, -0.25) is 4.79 Å². The van der Waals surface area contributed by atoms with E-state index in [1.807, 2.05) is 36.0 Å². The van der Waals surface area contributed by atoms with Gasteiger partial charge in [-0.15, -0.1) is 0 Å². The molecular weight excluding hydrogens is 402 g/mol. The van der Waals surface area contributed by atoms with E-state index in [4.69, 9.17) is 14.7 Å². The van der Waals surface area contributed by atoms with Crippen molar-refractivity contribution in [2.24, 2.45) is 0 Å². The number of anilines is 1. The fourth-order valence-electron chi connectivity index (χ4n) is 4.78. The Bertz CT molecular complexity index is 944. The van der Waals surface area contributed by atoms with Crippen LogP contribution in [-0.2, 0) is 17.8 Å². The van der Waals surface area contributed by atoms with Crippen molar-refractivity contribution in [3.05, 3.63) is 46.9 Å². The Morgan fingerprint density at radius 1 is 1.16 bits per heavy atom. The molecule has 32 heavy (non-hydrogen) atoms. The summed E-state index contributed by atoms with van der Waals surface area (Å²) in [5, 5.41) is 0. The summed E-state index contributed by atoms with van der Waals surface area (Å²) in [6.45, 7) is 5.92. The van der Waals surface area contributed by atoms with Crippen molar-refractivity contribution in [2.75, 3.05) is 52.3 Å². The highest BCUT2D eigenvalue weighted by Gasteiger charge is 2.29. The largest absolute Gasteiger partial charge is 0.497 e. The average Bonchev–Trinajstić information content (AvgIpc) is 2.79. The molecule has 172 valence electrons. The molecule has 1 unspecified atom stereocenters. The van der Waals surface area contributed by atoms with Gasteiger partial charge in [-0.2, -0.15) is 0 Å². The molecule has 0 N–H and O–H groups in total. The summed E-state index contributed by atoms with van der Waals surface area (Å²) >= 11 is 0. The predicted molar refractivity (Wildman–Crippen MR) is 126 cm³/mol. The molecule has 1 saturated heterocycles. The van der Waals surface area contributed by atoms with Gasteiger partial charge in [-0.25, -0.2) is 9.97 Å². The number of benzene rings is 1. The van der Waals surface area contributed by atoms with E-state index in [1.165, 1.54) is 11.1 Å². The van der Waals surface area contributed by atoms with Gasteiger partial charge in [0.1, 0.15) is 17.4 Å². The summed E-state index contributed by atoms with van der Waals surface area (Å²) in [6.07, 6.45) is 4.17. The van der Waals surface area contributed by atoms with Crippen LogP contribution in [0.15, 0.2) is 24.3 Å². The Hall–Kier alpha value is -2.67. The average molecular weight is 438 g/mol. The Morgan fingerprint density at radius 2 is 1.94 bits per heavy atom. The number of aryl methyl sites for hydroxylation is 1. The number of nitrogens with zero attached hydrogens (tertiary/aromatic N) is 5. The summed E-state index contributed by atoms with van der Waals surface area (Å²) in [6, 6.07) is 8.27. The third-order valence-electron chi connectivity index (χ3n) is 6.49. The van der Waals surface area contributed by atoms with Crippen LogP contribution in [0.3, 0.4) is 0 Å². The maximum absolute atomic E-state index is 12.6. The Balaban J connectivity index is 1.55.